The van der Waals surface area contributed by atoms with Crippen LogP contribution >= 0.6 is 0 Å². The molecule has 1 aromatic rings. The molecule has 0 amide bonds. The van der Waals surface area contributed by atoms with E-state index in [2.05, 4.69) is 31.2 Å². The lowest BCUT2D eigenvalue weighted by Gasteiger charge is -2.16. The van der Waals surface area contributed by atoms with Crippen LogP contribution in [-0.2, 0) is 9.47 Å². The summed E-state index contributed by atoms with van der Waals surface area (Å²) in [6, 6.07) is 10.3. The lowest BCUT2D eigenvalue weighted by atomic mass is 10.1. The minimum Gasteiger partial charge on any atom is -0.344 e. The van der Waals surface area contributed by atoms with Crippen molar-refractivity contribution in [1.82, 2.24) is 0 Å². The first-order chi connectivity index (χ1) is 8.11. The van der Waals surface area contributed by atoms with E-state index >= 15 is 0 Å². The third kappa shape index (κ3) is 3.18. The number of ether oxygens (including phenoxy) is 2. The molecule has 0 saturated carbocycles. The summed E-state index contributed by atoms with van der Waals surface area (Å²) in [5.41, 5.74) is 1.19. The summed E-state index contributed by atoms with van der Waals surface area (Å²) in [7, 11) is 0. The van der Waals surface area contributed by atoms with Crippen molar-refractivity contribution in [2.75, 3.05) is 0 Å². The zero-order chi connectivity index (χ0) is 12.3. The molecule has 2 rings (SSSR count). The van der Waals surface area contributed by atoms with Gasteiger partial charge in [0.1, 0.15) is 6.10 Å². The Labute approximate surface area is 103 Å². The van der Waals surface area contributed by atoms with Crippen LogP contribution in [-0.4, -0.2) is 18.0 Å². The van der Waals surface area contributed by atoms with Crippen molar-refractivity contribution in [3.05, 3.63) is 42.0 Å². The predicted octanol–water partition coefficient (Wildman–Crippen LogP) is 3.63. The maximum atomic E-state index is 5.86. The van der Waals surface area contributed by atoms with E-state index < -0.39 is 5.79 Å². The largest absolute Gasteiger partial charge is 0.344 e. The van der Waals surface area contributed by atoms with Gasteiger partial charge in [-0.05, 0) is 25.8 Å². The van der Waals surface area contributed by atoms with Gasteiger partial charge in [0.05, 0.1) is 6.10 Å². The Morgan fingerprint density at radius 2 is 1.88 bits per heavy atom. The van der Waals surface area contributed by atoms with Gasteiger partial charge in [-0.1, -0.05) is 49.4 Å². The number of benzene rings is 1. The Hall–Kier alpha value is -1.12. The molecule has 2 heteroatoms. The summed E-state index contributed by atoms with van der Waals surface area (Å²) in [6.07, 6.45) is 5.36. The van der Waals surface area contributed by atoms with Crippen molar-refractivity contribution in [1.29, 1.82) is 0 Å². The molecule has 0 unspecified atom stereocenters. The van der Waals surface area contributed by atoms with Gasteiger partial charge < -0.3 is 9.47 Å². The highest BCUT2D eigenvalue weighted by molar-refractivity contribution is 5.49. The van der Waals surface area contributed by atoms with E-state index in [1.165, 1.54) is 5.56 Å². The van der Waals surface area contributed by atoms with E-state index in [-0.39, 0.29) is 12.2 Å². The average Bonchev–Trinajstić information content (AvgIpc) is 2.63. The smallest absolute Gasteiger partial charge is 0.164 e. The molecule has 1 heterocycles. The van der Waals surface area contributed by atoms with Crippen LogP contribution in [0.3, 0.4) is 0 Å². The molecule has 1 aromatic carbocycles. The van der Waals surface area contributed by atoms with E-state index in [9.17, 15) is 0 Å². The van der Waals surface area contributed by atoms with Crippen molar-refractivity contribution in [3.8, 4) is 0 Å². The average molecular weight is 232 g/mol. The molecule has 1 aliphatic rings. The van der Waals surface area contributed by atoms with Crippen LogP contribution in [0.4, 0.5) is 0 Å². The highest BCUT2D eigenvalue weighted by atomic mass is 16.7. The standard InChI is InChI=1S/C15H20O2/c1-4-13-14(17-15(2,3)16-13)11-10-12-8-6-5-7-9-12/h5-11,13-14H,4H2,1-3H3/b11-10+/t13-,14+/m0/s1. The van der Waals surface area contributed by atoms with Crippen molar-refractivity contribution in [2.24, 2.45) is 0 Å². The maximum Gasteiger partial charge on any atom is 0.164 e. The Bertz CT molecular complexity index is 381. The second-order valence-corrected chi connectivity index (χ2v) is 4.82. The van der Waals surface area contributed by atoms with Gasteiger partial charge in [0.2, 0.25) is 0 Å². The summed E-state index contributed by atoms with van der Waals surface area (Å²) < 4.78 is 11.7. The summed E-state index contributed by atoms with van der Waals surface area (Å²) in [5.74, 6) is -0.466. The molecule has 1 aliphatic heterocycles. The lowest BCUT2D eigenvalue weighted by Crippen LogP contribution is -2.21. The van der Waals surface area contributed by atoms with Crippen LogP contribution in [0, 0.1) is 0 Å². The lowest BCUT2D eigenvalue weighted by molar-refractivity contribution is -0.143. The third-order valence-corrected chi connectivity index (χ3v) is 2.90. The van der Waals surface area contributed by atoms with Crippen LogP contribution in [0.25, 0.3) is 6.08 Å². The first-order valence-electron chi connectivity index (χ1n) is 6.19. The molecule has 0 aromatic heterocycles. The zero-order valence-corrected chi connectivity index (χ0v) is 10.7. The summed E-state index contributed by atoms with van der Waals surface area (Å²) in [6.45, 7) is 6.05. The Morgan fingerprint density at radius 1 is 1.18 bits per heavy atom. The molecule has 17 heavy (non-hydrogen) atoms. The molecule has 1 saturated heterocycles. The fraction of sp³-hybridized carbons (Fsp3) is 0.467. The second kappa shape index (κ2) is 5.03. The fourth-order valence-electron chi connectivity index (χ4n) is 2.11. The Kier molecular flexibility index (Phi) is 3.65. The topological polar surface area (TPSA) is 18.5 Å². The quantitative estimate of drug-likeness (QED) is 0.792. The van der Waals surface area contributed by atoms with Crippen molar-refractivity contribution in [3.63, 3.8) is 0 Å². The molecule has 0 bridgehead atoms. The molecule has 2 nitrogen and oxygen atoms in total. The predicted molar refractivity (Wildman–Crippen MR) is 69.6 cm³/mol. The van der Waals surface area contributed by atoms with Gasteiger partial charge in [0.25, 0.3) is 0 Å². The SMILES string of the molecule is CC[C@@H]1OC(C)(C)O[C@@H]1/C=C/c1ccccc1. The van der Waals surface area contributed by atoms with E-state index in [4.69, 9.17) is 9.47 Å². The molecular formula is C15H20O2. The molecule has 1 fully saturated rings. The normalized spacial score (nSPS) is 27.7. The summed E-state index contributed by atoms with van der Waals surface area (Å²) in [5, 5.41) is 0. The molecule has 0 aliphatic carbocycles. The van der Waals surface area contributed by atoms with Gasteiger partial charge in [-0.2, -0.15) is 0 Å². The third-order valence-electron chi connectivity index (χ3n) is 2.90. The van der Waals surface area contributed by atoms with Crippen LogP contribution in [0.2, 0.25) is 0 Å². The highest BCUT2D eigenvalue weighted by Crippen LogP contribution is 2.30. The van der Waals surface area contributed by atoms with Gasteiger partial charge in [-0.3, -0.25) is 0 Å². The molecular weight excluding hydrogens is 212 g/mol. The van der Waals surface area contributed by atoms with Gasteiger partial charge in [0, 0.05) is 0 Å². The molecule has 0 spiro atoms. The zero-order valence-electron chi connectivity index (χ0n) is 10.7. The summed E-state index contributed by atoms with van der Waals surface area (Å²) >= 11 is 0. The van der Waals surface area contributed by atoms with Crippen LogP contribution in [0.5, 0.6) is 0 Å². The maximum absolute atomic E-state index is 5.86. The number of rotatable bonds is 3. The van der Waals surface area contributed by atoms with E-state index in [0.29, 0.717) is 0 Å². The van der Waals surface area contributed by atoms with Crippen LogP contribution in [0.1, 0.15) is 32.8 Å². The monoisotopic (exact) mass is 232 g/mol. The van der Waals surface area contributed by atoms with Gasteiger partial charge in [-0.15, -0.1) is 0 Å². The van der Waals surface area contributed by atoms with Gasteiger partial charge in [-0.25, -0.2) is 0 Å². The second-order valence-electron chi connectivity index (χ2n) is 4.82. The molecule has 92 valence electrons. The highest BCUT2D eigenvalue weighted by Gasteiger charge is 2.38. The minimum absolute atomic E-state index is 0.0511. The number of hydrogen-bond donors (Lipinski definition) is 0. The van der Waals surface area contributed by atoms with Crippen LogP contribution < -0.4 is 0 Å². The van der Waals surface area contributed by atoms with E-state index in [1.807, 2.05) is 32.0 Å². The summed E-state index contributed by atoms with van der Waals surface area (Å²) in [4.78, 5) is 0. The Balaban J connectivity index is 2.06. The Morgan fingerprint density at radius 3 is 2.53 bits per heavy atom. The van der Waals surface area contributed by atoms with Crippen LogP contribution in [0.15, 0.2) is 36.4 Å². The van der Waals surface area contributed by atoms with E-state index in [1.54, 1.807) is 0 Å². The molecule has 0 N–H and O–H groups in total. The van der Waals surface area contributed by atoms with Crippen molar-refractivity contribution >= 4 is 6.08 Å². The van der Waals surface area contributed by atoms with E-state index in [0.717, 1.165) is 6.42 Å². The molecule has 2 atom stereocenters. The first kappa shape index (κ1) is 12.3. The van der Waals surface area contributed by atoms with Crippen molar-refractivity contribution < 1.29 is 9.47 Å². The molecule has 0 radical (unpaired) electrons. The fourth-order valence-corrected chi connectivity index (χ4v) is 2.11. The number of hydrogen-bond acceptors (Lipinski definition) is 2. The van der Waals surface area contributed by atoms with Gasteiger partial charge >= 0.3 is 0 Å². The first-order valence-corrected chi connectivity index (χ1v) is 6.19. The van der Waals surface area contributed by atoms with Gasteiger partial charge in [0.15, 0.2) is 5.79 Å². The minimum atomic E-state index is -0.466. The van der Waals surface area contributed by atoms with Crippen molar-refractivity contribution in [2.45, 2.75) is 45.2 Å².